The van der Waals surface area contributed by atoms with Gasteiger partial charge in [0.1, 0.15) is 22.9 Å². The maximum absolute atomic E-state index is 13.1. The smallest absolute Gasteiger partial charge is 0.261 e. The van der Waals surface area contributed by atoms with Gasteiger partial charge in [0.05, 0.1) is 0 Å². The van der Waals surface area contributed by atoms with Gasteiger partial charge in [-0.25, -0.2) is 4.39 Å². The molecule has 0 atom stereocenters. The molecule has 1 amide bonds. The Morgan fingerprint density at radius 2 is 1.47 bits per heavy atom. The van der Waals surface area contributed by atoms with Crippen molar-refractivity contribution in [1.29, 1.82) is 0 Å². The van der Waals surface area contributed by atoms with Crippen LogP contribution in [-0.2, 0) is 0 Å². The Hall–Kier alpha value is -4.19. The fraction of sp³-hybridized carbons (Fsp3) is 0. The molecule has 0 aliphatic rings. The van der Waals surface area contributed by atoms with E-state index in [1.807, 2.05) is 30.3 Å². The van der Waals surface area contributed by atoms with Crippen molar-refractivity contribution in [3.05, 3.63) is 113 Å². The summed E-state index contributed by atoms with van der Waals surface area (Å²) in [6, 6.07) is 25.0. The Labute approximate surface area is 171 Å². The van der Waals surface area contributed by atoms with Crippen LogP contribution in [0.5, 0.6) is 11.5 Å². The molecule has 0 radical (unpaired) electrons. The van der Waals surface area contributed by atoms with E-state index < -0.39 is 11.5 Å². The highest BCUT2D eigenvalue weighted by Gasteiger charge is 2.12. The molecule has 5 nitrogen and oxygen atoms in total. The molecule has 0 saturated heterocycles. The van der Waals surface area contributed by atoms with E-state index in [1.54, 1.807) is 42.5 Å². The molecule has 30 heavy (non-hydrogen) atoms. The lowest BCUT2D eigenvalue weighted by Gasteiger charge is -2.08. The Kier molecular flexibility index (Phi) is 5.39. The number of para-hydroxylation sites is 1. The number of pyridine rings is 1. The number of halogens is 1. The summed E-state index contributed by atoms with van der Waals surface area (Å²) in [5, 5.41) is 2.69. The number of H-pyrrole nitrogens is 1. The molecule has 0 aliphatic carbocycles. The van der Waals surface area contributed by atoms with Crippen molar-refractivity contribution in [2.24, 2.45) is 0 Å². The van der Waals surface area contributed by atoms with Crippen LogP contribution in [0.25, 0.3) is 11.3 Å². The summed E-state index contributed by atoms with van der Waals surface area (Å²) >= 11 is 0. The van der Waals surface area contributed by atoms with Gasteiger partial charge in [0.2, 0.25) is 0 Å². The van der Waals surface area contributed by atoms with Crippen LogP contribution >= 0.6 is 0 Å². The maximum Gasteiger partial charge on any atom is 0.261 e. The van der Waals surface area contributed by atoms with Crippen molar-refractivity contribution < 1.29 is 13.9 Å². The molecule has 0 fully saturated rings. The first-order valence-corrected chi connectivity index (χ1v) is 9.22. The Balaban J connectivity index is 1.46. The normalized spacial score (nSPS) is 10.4. The zero-order valence-corrected chi connectivity index (χ0v) is 15.8. The summed E-state index contributed by atoms with van der Waals surface area (Å²) in [7, 11) is 0. The molecule has 4 aromatic rings. The number of anilines is 1. The summed E-state index contributed by atoms with van der Waals surface area (Å²) in [5.41, 5.74) is 1.12. The number of aromatic amines is 1. The van der Waals surface area contributed by atoms with Crippen LogP contribution in [0.4, 0.5) is 10.1 Å². The summed E-state index contributed by atoms with van der Waals surface area (Å²) in [5.74, 6) is 0.443. The van der Waals surface area contributed by atoms with E-state index in [4.69, 9.17) is 4.74 Å². The summed E-state index contributed by atoms with van der Waals surface area (Å²) < 4.78 is 18.8. The number of aromatic nitrogens is 1. The second-order valence-electron chi connectivity index (χ2n) is 6.52. The van der Waals surface area contributed by atoms with Gasteiger partial charge in [0.25, 0.3) is 11.5 Å². The SMILES string of the molecule is O=C(Nc1ccc(Oc2ccccc2)cc1)c1ccc(-c2ccc(F)cc2)[nH]c1=O. The van der Waals surface area contributed by atoms with E-state index in [0.717, 1.165) is 0 Å². The van der Waals surface area contributed by atoms with Gasteiger partial charge >= 0.3 is 0 Å². The molecule has 6 heteroatoms. The van der Waals surface area contributed by atoms with Crippen LogP contribution in [0, 0.1) is 5.82 Å². The van der Waals surface area contributed by atoms with Gasteiger partial charge in [0.15, 0.2) is 0 Å². The highest BCUT2D eigenvalue weighted by Crippen LogP contribution is 2.23. The van der Waals surface area contributed by atoms with E-state index in [1.165, 1.54) is 18.2 Å². The standard InChI is InChI=1S/C24H17FN2O3/c25-17-8-6-16(7-9-17)22-15-14-21(24(29)27-22)23(28)26-18-10-12-20(13-11-18)30-19-4-2-1-3-5-19/h1-15H,(H,26,28)(H,27,29). The number of hydrogen-bond donors (Lipinski definition) is 2. The predicted octanol–water partition coefficient (Wildman–Crippen LogP) is 5.23. The number of carbonyl (C=O) groups is 1. The third-order valence-corrected chi connectivity index (χ3v) is 4.40. The Morgan fingerprint density at radius 1 is 0.800 bits per heavy atom. The van der Waals surface area contributed by atoms with E-state index >= 15 is 0 Å². The van der Waals surface area contributed by atoms with Crippen LogP contribution < -0.4 is 15.6 Å². The first-order valence-electron chi connectivity index (χ1n) is 9.22. The minimum Gasteiger partial charge on any atom is -0.457 e. The zero-order valence-electron chi connectivity index (χ0n) is 15.8. The number of amides is 1. The molecule has 2 N–H and O–H groups in total. The van der Waals surface area contributed by atoms with Gasteiger partial charge < -0.3 is 15.0 Å². The minimum atomic E-state index is -0.529. The van der Waals surface area contributed by atoms with Gasteiger partial charge in [-0.1, -0.05) is 18.2 Å². The quantitative estimate of drug-likeness (QED) is 0.482. The Morgan fingerprint density at radius 3 is 2.13 bits per heavy atom. The van der Waals surface area contributed by atoms with E-state index in [9.17, 15) is 14.0 Å². The summed E-state index contributed by atoms with van der Waals surface area (Å²) in [4.78, 5) is 27.5. The average molecular weight is 400 g/mol. The van der Waals surface area contributed by atoms with Crippen LogP contribution in [0.1, 0.15) is 10.4 Å². The second-order valence-corrected chi connectivity index (χ2v) is 6.52. The molecule has 0 saturated carbocycles. The number of nitrogens with one attached hydrogen (secondary N) is 2. The molecule has 0 aliphatic heterocycles. The van der Waals surface area contributed by atoms with Gasteiger partial charge in [-0.3, -0.25) is 9.59 Å². The lowest BCUT2D eigenvalue weighted by Crippen LogP contribution is -2.23. The topological polar surface area (TPSA) is 71.2 Å². The largest absolute Gasteiger partial charge is 0.457 e. The lowest BCUT2D eigenvalue weighted by molar-refractivity contribution is 0.102. The first-order chi connectivity index (χ1) is 14.6. The van der Waals surface area contributed by atoms with Crippen molar-refractivity contribution >= 4 is 11.6 Å². The molecular formula is C24H17FN2O3. The van der Waals surface area contributed by atoms with Gasteiger partial charge in [0, 0.05) is 11.4 Å². The van der Waals surface area contributed by atoms with Crippen molar-refractivity contribution in [1.82, 2.24) is 4.98 Å². The summed E-state index contributed by atoms with van der Waals surface area (Å²) in [6.45, 7) is 0. The summed E-state index contributed by atoms with van der Waals surface area (Å²) in [6.07, 6.45) is 0. The molecule has 3 aromatic carbocycles. The Bertz CT molecular complexity index is 1220. The van der Waals surface area contributed by atoms with E-state index in [0.29, 0.717) is 28.4 Å². The van der Waals surface area contributed by atoms with Crippen molar-refractivity contribution in [3.8, 4) is 22.8 Å². The third-order valence-electron chi connectivity index (χ3n) is 4.40. The first kappa shape index (κ1) is 19.1. The monoisotopic (exact) mass is 400 g/mol. The van der Waals surface area contributed by atoms with Gasteiger partial charge in [-0.15, -0.1) is 0 Å². The fourth-order valence-electron chi connectivity index (χ4n) is 2.88. The van der Waals surface area contributed by atoms with Crippen LogP contribution in [0.15, 0.2) is 95.8 Å². The molecule has 0 spiro atoms. The van der Waals surface area contributed by atoms with Crippen LogP contribution in [0.3, 0.4) is 0 Å². The number of rotatable bonds is 5. The average Bonchev–Trinajstić information content (AvgIpc) is 2.76. The lowest BCUT2D eigenvalue weighted by atomic mass is 10.1. The highest BCUT2D eigenvalue weighted by atomic mass is 19.1. The predicted molar refractivity (Wildman–Crippen MR) is 113 cm³/mol. The van der Waals surface area contributed by atoms with E-state index in [2.05, 4.69) is 10.3 Å². The zero-order chi connectivity index (χ0) is 20.9. The molecular weight excluding hydrogens is 383 g/mol. The molecule has 148 valence electrons. The van der Waals surface area contributed by atoms with Crippen molar-refractivity contribution in [2.45, 2.75) is 0 Å². The third kappa shape index (κ3) is 4.44. The molecule has 0 bridgehead atoms. The van der Waals surface area contributed by atoms with Gasteiger partial charge in [-0.2, -0.15) is 0 Å². The minimum absolute atomic E-state index is 0.0227. The molecule has 1 aromatic heterocycles. The van der Waals surface area contributed by atoms with Crippen LogP contribution in [0.2, 0.25) is 0 Å². The van der Waals surface area contributed by atoms with Crippen molar-refractivity contribution in [2.75, 3.05) is 5.32 Å². The van der Waals surface area contributed by atoms with Crippen molar-refractivity contribution in [3.63, 3.8) is 0 Å². The second kappa shape index (κ2) is 8.45. The number of benzene rings is 3. The molecule has 0 unspecified atom stereocenters. The van der Waals surface area contributed by atoms with Gasteiger partial charge in [-0.05, 0) is 78.4 Å². The number of hydrogen-bond acceptors (Lipinski definition) is 3. The molecule has 4 rings (SSSR count). The number of ether oxygens (including phenoxy) is 1. The highest BCUT2D eigenvalue weighted by molar-refractivity contribution is 6.04. The maximum atomic E-state index is 13.1. The number of carbonyl (C=O) groups excluding carboxylic acids is 1. The molecule has 1 heterocycles. The fourth-order valence-corrected chi connectivity index (χ4v) is 2.88. The van der Waals surface area contributed by atoms with E-state index in [-0.39, 0.29) is 11.4 Å². The van der Waals surface area contributed by atoms with Crippen LogP contribution in [-0.4, -0.2) is 10.9 Å².